The Kier molecular flexibility index (Phi) is 2.72. The number of aromatic carboxylic acids is 1. The molecule has 0 aliphatic heterocycles. The van der Waals surface area contributed by atoms with Gasteiger partial charge in [0.2, 0.25) is 0 Å². The molecule has 6 nitrogen and oxygen atoms in total. The van der Waals surface area contributed by atoms with Gasteiger partial charge in [0, 0.05) is 5.39 Å². The monoisotopic (exact) mass is 267 g/mol. The summed E-state index contributed by atoms with van der Waals surface area (Å²) in [5, 5.41) is 20.8. The molecule has 0 aliphatic rings. The predicted molar refractivity (Wildman–Crippen MR) is 60.9 cm³/mol. The van der Waals surface area contributed by atoms with Crippen LogP contribution in [0.3, 0.4) is 0 Å². The highest BCUT2D eigenvalue weighted by Crippen LogP contribution is 2.29. The summed E-state index contributed by atoms with van der Waals surface area (Å²) >= 11 is 0. The molecule has 2 rings (SSSR count). The maximum atomic E-state index is 11.4. The fourth-order valence-corrected chi connectivity index (χ4v) is 2.17. The number of hydrogen-bond acceptors (Lipinski definition) is 3. The molecule has 0 bridgehead atoms. The Morgan fingerprint density at radius 3 is 2.28 bits per heavy atom. The Labute approximate surface area is 102 Å². The maximum Gasteiger partial charge on any atom is 0.340 e. The van der Waals surface area contributed by atoms with Gasteiger partial charge in [-0.25, -0.2) is 4.79 Å². The molecule has 18 heavy (non-hydrogen) atoms. The lowest BCUT2D eigenvalue weighted by Crippen LogP contribution is -2.01. The van der Waals surface area contributed by atoms with Crippen molar-refractivity contribution in [2.75, 3.05) is 0 Å². The first kappa shape index (κ1) is 12.3. The molecule has 0 amide bonds. The van der Waals surface area contributed by atoms with Crippen molar-refractivity contribution in [3.8, 4) is 5.75 Å². The maximum absolute atomic E-state index is 11.4. The fraction of sp³-hybridized carbons (Fsp3) is 0. The number of hydrogen-bond donors (Lipinski definition) is 2. The molecule has 0 aromatic heterocycles. The first-order chi connectivity index (χ1) is 8.30. The first-order valence-corrected chi connectivity index (χ1v) is 6.19. The smallest absolute Gasteiger partial charge is 0.340 e. The molecule has 0 aliphatic carbocycles. The van der Waals surface area contributed by atoms with E-state index in [-0.39, 0.29) is 5.39 Å². The summed E-state index contributed by atoms with van der Waals surface area (Å²) in [5.41, 5.74) is -0.516. The van der Waals surface area contributed by atoms with Crippen LogP contribution in [0.2, 0.25) is 0 Å². The highest BCUT2D eigenvalue weighted by molar-refractivity contribution is 7.85. The van der Waals surface area contributed by atoms with E-state index in [0.717, 1.165) is 18.2 Å². The highest BCUT2D eigenvalue weighted by atomic mass is 32.2. The van der Waals surface area contributed by atoms with Gasteiger partial charge in [-0.2, -0.15) is 8.42 Å². The Morgan fingerprint density at radius 2 is 1.72 bits per heavy atom. The van der Waals surface area contributed by atoms with Crippen molar-refractivity contribution in [1.29, 1.82) is 0 Å². The van der Waals surface area contributed by atoms with E-state index in [1.807, 2.05) is 0 Å². The van der Waals surface area contributed by atoms with Gasteiger partial charge in [-0.05, 0) is 23.6 Å². The molecular weight excluding hydrogens is 260 g/mol. The molecule has 2 aromatic rings. The van der Waals surface area contributed by atoms with Crippen LogP contribution in [0.5, 0.6) is 5.75 Å². The molecule has 0 saturated heterocycles. The van der Waals surface area contributed by atoms with E-state index in [2.05, 4.69) is 0 Å². The predicted octanol–water partition coefficient (Wildman–Crippen LogP) is 1.93. The second-order valence-corrected chi connectivity index (χ2v) is 5.02. The van der Waals surface area contributed by atoms with Crippen molar-refractivity contribution in [3.05, 3.63) is 35.9 Å². The van der Waals surface area contributed by atoms with E-state index in [9.17, 15) is 18.3 Å². The van der Waals surface area contributed by atoms with Crippen molar-refractivity contribution >= 4 is 26.9 Å². The van der Waals surface area contributed by atoms with Crippen molar-refractivity contribution in [2.45, 2.75) is 4.90 Å². The normalized spacial score (nSPS) is 11.6. The van der Waals surface area contributed by atoms with Gasteiger partial charge < -0.3 is 5.11 Å². The van der Waals surface area contributed by atoms with E-state index in [1.165, 1.54) is 12.1 Å². The van der Waals surface area contributed by atoms with E-state index >= 15 is 0 Å². The SMILES string of the molecule is [O]c1ccc2ccc(S(=O)(=O)O)cc2c1C(=O)O. The van der Waals surface area contributed by atoms with Crippen LogP contribution in [-0.2, 0) is 15.2 Å². The lowest BCUT2D eigenvalue weighted by atomic mass is 10.0. The summed E-state index contributed by atoms with van der Waals surface area (Å²) in [7, 11) is -4.44. The van der Waals surface area contributed by atoms with Gasteiger partial charge in [-0.3, -0.25) is 9.66 Å². The molecule has 1 radical (unpaired) electrons. The Bertz CT molecular complexity index is 747. The van der Waals surface area contributed by atoms with Gasteiger partial charge in [-0.1, -0.05) is 12.1 Å². The fourth-order valence-electron chi connectivity index (χ4n) is 1.66. The van der Waals surface area contributed by atoms with Crippen LogP contribution in [-0.4, -0.2) is 24.0 Å². The summed E-state index contributed by atoms with van der Waals surface area (Å²) in [4.78, 5) is 10.5. The molecule has 2 aromatic carbocycles. The minimum absolute atomic E-state index is 0.0230. The zero-order valence-corrected chi connectivity index (χ0v) is 9.64. The van der Waals surface area contributed by atoms with Gasteiger partial charge >= 0.3 is 5.97 Å². The molecule has 0 unspecified atom stereocenters. The second-order valence-electron chi connectivity index (χ2n) is 3.60. The quantitative estimate of drug-likeness (QED) is 0.807. The number of rotatable bonds is 2. The Morgan fingerprint density at radius 1 is 1.11 bits per heavy atom. The largest absolute Gasteiger partial charge is 0.478 e. The molecule has 7 heteroatoms. The van der Waals surface area contributed by atoms with Crippen molar-refractivity contribution in [1.82, 2.24) is 0 Å². The van der Waals surface area contributed by atoms with Crippen molar-refractivity contribution < 1.29 is 28.0 Å². The van der Waals surface area contributed by atoms with Crippen LogP contribution in [0.4, 0.5) is 0 Å². The summed E-state index contributed by atoms with van der Waals surface area (Å²) in [6, 6.07) is 5.91. The number of fused-ring (bicyclic) bond motifs is 1. The first-order valence-electron chi connectivity index (χ1n) is 4.75. The number of carbonyl (C=O) groups is 1. The molecule has 2 N–H and O–H groups in total. The van der Waals surface area contributed by atoms with Gasteiger partial charge in [0.25, 0.3) is 10.1 Å². The highest BCUT2D eigenvalue weighted by Gasteiger charge is 2.18. The average Bonchev–Trinajstić information content (AvgIpc) is 2.26. The minimum atomic E-state index is -4.44. The summed E-state index contributed by atoms with van der Waals surface area (Å²) in [5.74, 6) is -2.17. The minimum Gasteiger partial charge on any atom is -0.478 e. The van der Waals surface area contributed by atoms with Crippen molar-refractivity contribution in [2.24, 2.45) is 0 Å². The van der Waals surface area contributed by atoms with E-state index in [1.54, 1.807) is 0 Å². The van der Waals surface area contributed by atoms with Gasteiger partial charge in [0.05, 0.1) is 4.90 Å². The Hall–Kier alpha value is -2.12. The third-order valence-corrected chi connectivity index (χ3v) is 3.32. The molecule has 0 atom stereocenters. The summed E-state index contributed by atoms with van der Waals surface area (Å²) in [6.07, 6.45) is 0. The van der Waals surface area contributed by atoms with E-state index in [4.69, 9.17) is 9.66 Å². The topological polar surface area (TPSA) is 112 Å². The second kappa shape index (κ2) is 3.97. The lowest BCUT2D eigenvalue weighted by molar-refractivity contribution is 0.0694. The summed E-state index contributed by atoms with van der Waals surface area (Å²) in [6.45, 7) is 0. The van der Waals surface area contributed by atoms with Crippen LogP contribution >= 0.6 is 0 Å². The molecule has 0 saturated carbocycles. The van der Waals surface area contributed by atoms with Crippen molar-refractivity contribution in [3.63, 3.8) is 0 Å². The van der Waals surface area contributed by atoms with Gasteiger partial charge in [0.1, 0.15) is 5.56 Å². The third kappa shape index (κ3) is 2.01. The number of benzene rings is 2. The zero-order valence-electron chi connectivity index (χ0n) is 8.82. The molecule has 0 spiro atoms. The lowest BCUT2D eigenvalue weighted by Gasteiger charge is -2.05. The van der Waals surface area contributed by atoms with E-state index < -0.39 is 32.3 Å². The van der Waals surface area contributed by atoms with Crippen LogP contribution < -0.4 is 0 Å². The zero-order chi connectivity index (χ0) is 13.5. The van der Waals surface area contributed by atoms with Crippen LogP contribution in [0.25, 0.3) is 10.8 Å². The molecule has 0 heterocycles. The Balaban J connectivity index is 2.90. The van der Waals surface area contributed by atoms with Crippen LogP contribution in [0.1, 0.15) is 10.4 Å². The number of carboxylic acids is 1. The van der Waals surface area contributed by atoms with Gasteiger partial charge in [-0.15, -0.1) is 0 Å². The molecule has 93 valence electrons. The standard InChI is InChI=1S/C11H7O6S/c12-9-4-2-6-1-3-7(18(15,16)17)5-8(6)10(9)11(13)14/h1-5H,(H,13,14)(H,15,16,17). The average molecular weight is 267 g/mol. The third-order valence-electron chi connectivity index (χ3n) is 2.47. The van der Waals surface area contributed by atoms with Crippen LogP contribution in [0.15, 0.2) is 35.2 Å². The number of carboxylic acid groups (broad SMARTS) is 1. The van der Waals surface area contributed by atoms with E-state index in [0.29, 0.717) is 5.39 Å². The molecular formula is C11H7O6S. The molecule has 0 fully saturated rings. The summed E-state index contributed by atoms with van der Waals surface area (Å²) < 4.78 is 30.8. The van der Waals surface area contributed by atoms with Gasteiger partial charge in [0.15, 0.2) is 5.75 Å². The van der Waals surface area contributed by atoms with Crippen LogP contribution in [0, 0.1) is 0 Å².